The third-order valence-corrected chi connectivity index (χ3v) is 8.62. The molecule has 6 nitrogen and oxygen atoms in total. The van der Waals surface area contributed by atoms with Crippen LogP contribution in [0.15, 0.2) is 59.5 Å². The van der Waals surface area contributed by atoms with Crippen LogP contribution < -0.4 is 5.32 Å². The van der Waals surface area contributed by atoms with Crippen LogP contribution in [0.5, 0.6) is 0 Å². The monoisotopic (exact) mass is 455 g/mol. The van der Waals surface area contributed by atoms with Gasteiger partial charge >= 0.3 is 0 Å². The number of carbonyl (C=O) groups excluding carboxylic acids is 1. The molecule has 1 aliphatic carbocycles. The maximum Gasteiger partial charge on any atom is 0.251 e. The van der Waals surface area contributed by atoms with E-state index in [0.29, 0.717) is 5.56 Å². The molecule has 0 radical (unpaired) electrons. The molecule has 0 bridgehead atoms. The van der Waals surface area contributed by atoms with Crippen LogP contribution >= 0.6 is 0 Å². The largest absolute Gasteiger partial charge is 0.348 e. The highest BCUT2D eigenvalue weighted by Crippen LogP contribution is 2.27. The summed E-state index contributed by atoms with van der Waals surface area (Å²) in [6, 6.07) is 16.9. The van der Waals surface area contributed by atoms with E-state index in [-0.39, 0.29) is 22.9 Å². The third-order valence-electron chi connectivity index (χ3n) is 6.72. The van der Waals surface area contributed by atoms with Crippen molar-refractivity contribution in [3.05, 3.63) is 65.7 Å². The highest BCUT2D eigenvalue weighted by molar-refractivity contribution is 7.89. The predicted molar refractivity (Wildman–Crippen MR) is 126 cm³/mol. The molecule has 172 valence electrons. The molecule has 2 aliphatic rings. The molecule has 1 saturated heterocycles. The Bertz CT molecular complexity index is 1020. The smallest absolute Gasteiger partial charge is 0.251 e. The maximum absolute atomic E-state index is 13.2. The molecular formula is C25H33N3O3S. The molecule has 0 spiro atoms. The van der Waals surface area contributed by atoms with Gasteiger partial charge in [-0.2, -0.15) is 4.31 Å². The Morgan fingerprint density at radius 3 is 2.53 bits per heavy atom. The van der Waals surface area contributed by atoms with Crippen LogP contribution in [0.1, 0.15) is 54.4 Å². The van der Waals surface area contributed by atoms with Crippen molar-refractivity contribution >= 4 is 15.9 Å². The standard InChI is InChI=1S/C25H33N3O3S/c1-27(23-12-6-3-7-13-23)32(30,31)24-14-8-11-21(17-24)25(29)26-22-15-16-28(19-22)18-20-9-4-2-5-10-20/h2,4-5,8-11,14,17,22-23H,3,6-7,12-13,15-16,18-19H2,1H3,(H,26,29)/t22-/m1/s1. The fourth-order valence-corrected chi connectivity index (χ4v) is 6.27. The molecule has 4 rings (SSSR count). The fourth-order valence-electron chi connectivity index (χ4n) is 4.81. The van der Waals surface area contributed by atoms with Gasteiger partial charge in [-0.1, -0.05) is 55.7 Å². The topological polar surface area (TPSA) is 69.7 Å². The van der Waals surface area contributed by atoms with E-state index in [1.54, 1.807) is 25.2 Å². The minimum atomic E-state index is -3.62. The zero-order valence-corrected chi connectivity index (χ0v) is 19.6. The van der Waals surface area contributed by atoms with Crippen LogP contribution in [0.2, 0.25) is 0 Å². The lowest BCUT2D eigenvalue weighted by Gasteiger charge is -2.30. The molecule has 7 heteroatoms. The summed E-state index contributed by atoms with van der Waals surface area (Å²) in [5.41, 5.74) is 1.66. The van der Waals surface area contributed by atoms with Crippen molar-refractivity contribution < 1.29 is 13.2 Å². The second kappa shape index (κ2) is 10.1. The summed E-state index contributed by atoms with van der Waals surface area (Å²) in [5.74, 6) is -0.214. The molecule has 1 aliphatic heterocycles. The number of sulfonamides is 1. The lowest BCUT2D eigenvalue weighted by Crippen LogP contribution is -2.38. The molecule has 1 amide bonds. The molecular weight excluding hydrogens is 422 g/mol. The summed E-state index contributed by atoms with van der Waals surface area (Å²) in [6.45, 7) is 2.60. The first kappa shape index (κ1) is 23.0. The van der Waals surface area contributed by atoms with Gasteiger partial charge in [-0.25, -0.2) is 8.42 Å². The lowest BCUT2D eigenvalue weighted by molar-refractivity contribution is 0.0937. The fraction of sp³-hybridized carbons (Fsp3) is 0.480. The van der Waals surface area contributed by atoms with Gasteiger partial charge in [0.25, 0.3) is 5.91 Å². The maximum atomic E-state index is 13.2. The molecule has 2 fully saturated rings. The lowest BCUT2D eigenvalue weighted by atomic mass is 9.96. The second-order valence-electron chi connectivity index (χ2n) is 9.02. The third kappa shape index (κ3) is 5.39. The average Bonchev–Trinajstić information content (AvgIpc) is 3.26. The van der Waals surface area contributed by atoms with Gasteiger partial charge in [-0.05, 0) is 43.0 Å². The van der Waals surface area contributed by atoms with Crippen LogP contribution in [0.3, 0.4) is 0 Å². The van der Waals surface area contributed by atoms with Crippen molar-refractivity contribution in [2.24, 2.45) is 0 Å². The average molecular weight is 456 g/mol. The van der Waals surface area contributed by atoms with E-state index in [4.69, 9.17) is 0 Å². The van der Waals surface area contributed by atoms with Crippen molar-refractivity contribution in [3.63, 3.8) is 0 Å². The zero-order chi connectivity index (χ0) is 22.6. The van der Waals surface area contributed by atoms with Crippen LogP contribution in [-0.4, -0.2) is 55.8 Å². The van der Waals surface area contributed by atoms with E-state index in [9.17, 15) is 13.2 Å². The van der Waals surface area contributed by atoms with E-state index < -0.39 is 10.0 Å². The van der Waals surface area contributed by atoms with Crippen LogP contribution in [0, 0.1) is 0 Å². The van der Waals surface area contributed by atoms with E-state index >= 15 is 0 Å². The van der Waals surface area contributed by atoms with E-state index in [1.807, 2.05) is 18.2 Å². The van der Waals surface area contributed by atoms with E-state index in [0.717, 1.165) is 51.7 Å². The van der Waals surface area contributed by atoms with Gasteiger partial charge in [0, 0.05) is 44.3 Å². The van der Waals surface area contributed by atoms with Crippen LogP contribution in [0.4, 0.5) is 0 Å². The quantitative estimate of drug-likeness (QED) is 0.692. The van der Waals surface area contributed by atoms with Gasteiger partial charge in [0.2, 0.25) is 10.0 Å². The highest BCUT2D eigenvalue weighted by atomic mass is 32.2. The molecule has 1 atom stereocenters. The summed E-state index contributed by atoms with van der Waals surface area (Å²) >= 11 is 0. The Morgan fingerprint density at radius 2 is 1.78 bits per heavy atom. The number of hydrogen-bond donors (Lipinski definition) is 1. The molecule has 2 aromatic rings. The van der Waals surface area contributed by atoms with Gasteiger partial charge in [-0.15, -0.1) is 0 Å². The zero-order valence-electron chi connectivity index (χ0n) is 18.7. The molecule has 1 N–H and O–H groups in total. The summed E-state index contributed by atoms with van der Waals surface area (Å²) in [4.78, 5) is 15.4. The summed E-state index contributed by atoms with van der Waals surface area (Å²) in [5, 5.41) is 3.09. The number of rotatable bonds is 7. The van der Waals surface area contributed by atoms with Gasteiger partial charge in [0.1, 0.15) is 0 Å². The summed E-state index contributed by atoms with van der Waals surface area (Å²) < 4.78 is 27.8. The highest BCUT2D eigenvalue weighted by Gasteiger charge is 2.30. The predicted octanol–water partition coefficient (Wildman–Crippen LogP) is 3.64. The Hall–Kier alpha value is -2.22. The van der Waals surface area contributed by atoms with Crippen molar-refractivity contribution in [1.82, 2.24) is 14.5 Å². The molecule has 2 aromatic carbocycles. The Morgan fingerprint density at radius 1 is 1.03 bits per heavy atom. The molecule has 1 heterocycles. The number of carbonyl (C=O) groups is 1. The van der Waals surface area contributed by atoms with Crippen LogP contribution in [0.25, 0.3) is 0 Å². The van der Waals surface area contributed by atoms with Crippen molar-refractivity contribution in [1.29, 1.82) is 0 Å². The Balaban J connectivity index is 1.38. The minimum Gasteiger partial charge on any atom is -0.348 e. The molecule has 32 heavy (non-hydrogen) atoms. The van der Waals surface area contributed by atoms with Gasteiger partial charge in [0.05, 0.1) is 4.90 Å². The first-order chi connectivity index (χ1) is 15.4. The van der Waals surface area contributed by atoms with Gasteiger partial charge in [0.15, 0.2) is 0 Å². The Kier molecular flexibility index (Phi) is 7.28. The number of amides is 1. The van der Waals surface area contributed by atoms with Gasteiger partial charge < -0.3 is 5.32 Å². The normalized spacial score (nSPS) is 20.5. The minimum absolute atomic E-state index is 0.0420. The molecule has 0 aromatic heterocycles. The Labute approximate surface area is 191 Å². The van der Waals surface area contributed by atoms with Gasteiger partial charge in [-0.3, -0.25) is 9.69 Å². The van der Waals surface area contributed by atoms with Crippen molar-refractivity contribution in [3.8, 4) is 0 Å². The summed E-state index contributed by atoms with van der Waals surface area (Å²) in [6.07, 6.45) is 5.99. The van der Waals surface area contributed by atoms with Crippen molar-refractivity contribution in [2.75, 3.05) is 20.1 Å². The first-order valence-corrected chi connectivity index (χ1v) is 13.0. The molecule has 1 saturated carbocycles. The molecule has 0 unspecified atom stereocenters. The second-order valence-corrected chi connectivity index (χ2v) is 11.0. The number of nitrogens with one attached hydrogen (secondary N) is 1. The summed E-state index contributed by atoms with van der Waals surface area (Å²) in [7, 11) is -1.96. The van der Waals surface area contributed by atoms with E-state index in [1.165, 1.54) is 22.4 Å². The van der Waals surface area contributed by atoms with Crippen LogP contribution in [-0.2, 0) is 16.6 Å². The first-order valence-electron chi connectivity index (χ1n) is 11.6. The number of benzene rings is 2. The number of likely N-dealkylation sites (tertiary alicyclic amines) is 1. The SMILES string of the molecule is CN(C1CCCCC1)S(=O)(=O)c1cccc(C(=O)N[C@@H]2CCN(Cc3ccccc3)C2)c1. The van der Waals surface area contributed by atoms with Crippen molar-refractivity contribution in [2.45, 2.75) is 62.0 Å². The number of nitrogens with zero attached hydrogens (tertiary/aromatic N) is 2. The number of hydrogen-bond acceptors (Lipinski definition) is 4. The van der Waals surface area contributed by atoms with E-state index in [2.05, 4.69) is 22.3 Å².